The summed E-state index contributed by atoms with van der Waals surface area (Å²) in [5.74, 6) is 0.849. The Morgan fingerprint density at radius 2 is 2.33 bits per heavy atom. The van der Waals surface area contributed by atoms with Crippen LogP contribution in [0.25, 0.3) is 0 Å². The van der Waals surface area contributed by atoms with Crippen molar-refractivity contribution in [3.8, 4) is 0 Å². The zero-order valence-corrected chi connectivity index (χ0v) is 12.5. The molecule has 1 aliphatic rings. The van der Waals surface area contributed by atoms with Gasteiger partial charge >= 0.3 is 0 Å². The number of aliphatic hydroxyl groups is 1. The molecule has 3 N–H and O–H groups in total. The molecule has 2 unspecified atom stereocenters. The van der Waals surface area contributed by atoms with Gasteiger partial charge in [0.2, 0.25) is 0 Å². The van der Waals surface area contributed by atoms with Crippen LogP contribution in [0, 0.1) is 5.92 Å². The van der Waals surface area contributed by atoms with E-state index in [9.17, 15) is 5.11 Å². The highest BCUT2D eigenvalue weighted by molar-refractivity contribution is 7.11. The standard InChI is InChI=1S/C12H21N3OS.ClH/c1-8(2)12-15-6-10(17-12)5-13-3-9-4-14-7-11(9)16;/h6,8-9,11,13-14,16H,3-5,7H2,1-2H3;1H. The SMILES string of the molecule is CC(C)c1ncc(CNCC2CNCC2O)s1.Cl. The molecule has 0 bridgehead atoms. The molecule has 18 heavy (non-hydrogen) atoms. The van der Waals surface area contributed by atoms with Crippen LogP contribution in [0.4, 0.5) is 0 Å². The van der Waals surface area contributed by atoms with E-state index in [1.807, 2.05) is 6.20 Å². The van der Waals surface area contributed by atoms with E-state index in [-0.39, 0.29) is 18.5 Å². The largest absolute Gasteiger partial charge is 0.391 e. The van der Waals surface area contributed by atoms with E-state index in [1.165, 1.54) is 9.88 Å². The third-order valence-electron chi connectivity index (χ3n) is 3.08. The van der Waals surface area contributed by atoms with Crippen molar-refractivity contribution in [2.45, 2.75) is 32.4 Å². The molecule has 1 saturated heterocycles. The van der Waals surface area contributed by atoms with Gasteiger partial charge in [0.1, 0.15) is 0 Å². The van der Waals surface area contributed by atoms with Crippen molar-refractivity contribution in [3.05, 3.63) is 16.1 Å². The van der Waals surface area contributed by atoms with Crippen LogP contribution in [0.5, 0.6) is 0 Å². The van der Waals surface area contributed by atoms with E-state index in [0.717, 1.165) is 26.2 Å². The maximum absolute atomic E-state index is 9.65. The molecule has 1 fully saturated rings. The van der Waals surface area contributed by atoms with Crippen molar-refractivity contribution in [3.63, 3.8) is 0 Å². The summed E-state index contributed by atoms with van der Waals surface area (Å²) in [4.78, 5) is 5.67. The lowest BCUT2D eigenvalue weighted by molar-refractivity contribution is 0.146. The average Bonchev–Trinajstić information content (AvgIpc) is 2.89. The molecule has 0 aromatic carbocycles. The molecule has 1 aromatic rings. The minimum atomic E-state index is -0.199. The molecule has 6 heteroatoms. The zero-order valence-electron chi connectivity index (χ0n) is 10.8. The lowest BCUT2D eigenvalue weighted by Gasteiger charge is -2.13. The van der Waals surface area contributed by atoms with E-state index >= 15 is 0 Å². The fourth-order valence-electron chi connectivity index (χ4n) is 1.98. The van der Waals surface area contributed by atoms with E-state index in [4.69, 9.17) is 0 Å². The number of hydrogen-bond donors (Lipinski definition) is 3. The van der Waals surface area contributed by atoms with Gasteiger partial charge in [-0.25, -0.2) is 4.98 Å². The molecule has 0 spiro atoms. The molecule has 104 valence electrons. The Morgan fingerprint density at radius 3 is 2.89 bits per heavy atom. The molecule has 0 saturated carbocycles. The Balaban J connectivity index is 0.00000162. The van der Waals surface area contributed by atoms with Gasteiger partial charge in [-0.1, -0.05) is 13.8 Å². The summed E-state index contributed by atoms with van der Waals surface area (Å²) in [6.07, 6.45) is 1.76. The lowest BCUT2D eigenvalue weighted by atomic mass is 10.1. The summed E-state index contributed by atoms with van der Waals surface area (Å²) < 4.78 is 0. The normalized spacial score (nSPS) is 23.3. The van der Waals surface area contributed by atoms with Gasteiger partial charge in [0.25, 0.3) is 0 Å². The summed E-state index contributed by atoms with van der Waals surface area (Å²) in [5.41, 5.74) is 0. The predicted octanol–water partition coefficient (Wildman–Crippen LogP) is 1.36. The number of thiazole rings is 1. The van der Waals surface area contributed by atoms with Crippen LogP contribution in [0.15, 0.2) is 6.20 Å². The van der Waals surface area contributed by atoms with Crippen molar-refractivity contribution in [2.75, 3.05) is 19.6 Å². The first kappa shape index (κ1) is 15.9. The molecular weight excluding hydrogens is 270 g/mol. The minimum Gasteiger partial charge on any atom is -0.391 e. The van der Waals surface area contributed by atoms with Gasteiger partial charge in [-0.2, -0.15) is 0 Å². The molecule has 1 aliphatic heterocycles. The van der Waals surface area contributed by atoms with Gasteiger partial charge in [-0.05, 0) is 0 Å². The molecule has 2 rings (SSSR count). The first-order chi connectivity index (χ1) is 8.16. The van der Waals surface area contributed by atoms with Crippen LogP contribution in [-0.4, -0.2) is 35.8 Å². The first-order valence-electron chi connectivity index (χ1n) is 6.21. The summed E-state index contributed by atoms with van der Waals surface area (Å²) in [7, 11) is 0. The Kier molecular flexibility index (Phi) is 6.52. The van der Waals surface area contributed by atoms with Gasteiger partial charge < -0.3 is 15.7 Å². The number of hydrogen-bond acceptors (Lipinski definition) is 5. The number of aromatic nitrogens is 1. The molecule has 0 aliphatic carbocycles. The predicted molar refractivity (Wildman–Crippen MR) is 77.5 cm³/mol. The molecule has 0 radical (unpaired) electrons. The average molecular weight is 292 g/mol. The molecule has 4 nitrogen and oxygen atoms in total. The van der Waals surface area contributed by atoms with E-state index in [1.54, 1.807) is 11.3 Å². The zero-order chi connectivity index (χ0) is 12.3. The van der Waals surface area contributed by atoms with Crippen molar-refractivity contribution >= 4 is 23.7 Å². The maximum atomic E-state index is 9.65. The molecule has 2 heterocycles. The Hall–Kier alpha value is -0.200. The number of nitrogens with one attached hydrogen (secondary N) is 2. The number of nitrogens with zero attached hydrogens (tertiary/aromatic N) is 1. The van der Waals surface area contributed by atoms with Gasteiger partial charge in [-0.3, -0.25) is 0 Å². The maximum Gasteiger partial charge on any atom is 0.0953 e. The Bertz CT molecular complexity index is 359. The fourth-order valence-corrected chi connectivity index (χ4v) is 2.87. The monoisotopic (exact) mass is 291 g/mol. The van der Waals surface area contributed by atoms with Crippen molar-refractivity contribution < 1.29 is 5.11 Å². The molecular formula is C12H22ClN3OS. The highest BCUT2D eigenvalue weighted by atomic mass is 35.5. The van der Waals surface area contributed by atoms with E-state index < -0.39 is 0 Å². The van der Waals surface area contributed by atoms with E-state index in [0.29, 0.717) is 11.8 Å². The number of aliphatic hydroxyl groups excluding tert-OH is 1. The second kappa shape index (κ2) is 7.40. The van der Waals surface area contributed by atoms with Crippen LogP contribution in [0.3, 0.4) is 0 Å². The van der Waals surface area contributed by atoms with E-state index in [2.05, 4.69) is 29.5 Å². The Morgan fingerprint density at radius 1 is 1.56 bits per heavy atom. The topological polar surface area (TPSA) is 57.2 Å². The lowest BCUT2D eigenvalue weighted by Crippen LogP contribution is -2.29. The number of β-amino-alcohol motifs (C(OH)–C–C–N with tert-alkyl or cyclic N) is 1. The molecule has 0 amide bonds. The van der Waals surface area contributed by atoms with Crippen LogP contribution in [-0.2, 0) is 6.54 Å². The van der Waals surface area contributed by atoms with Gasteiger partial charge in [0.05, 0.1) is 11.1 Å². The quantitative estimate of drug-likeness (QED) is 0.767. The van der Waals surface area contributed by atoms with Crippen LogP contribution in [0.2, 0.25) is 0 Å². The summed E-state index contributed by atoms with van der Waals surface area (Å²) in [6.45, 7) is 7.68. The van der Waals surface area contributed by atoms with Gasteiger partial charge in [0, 0.05) is 49.1 Å². The van der Waals surface area contributed by atoms with Crippen LogP contribution < -0.4 is 10.6 Å². The van der Waals surface area contributed by atoms with Crippen molar-refractivity contribution in [1.29, 1.82) is 0 Å². The summed E-state index contributed by atoms with van der Waals surface area (Å²) in [6, 6.07) is 0. The Labute approximate surface area is 119 Å². The van der Waals surface area contributed by atoms with Gasteiger partial charge in [0.15, 0.2) is 0 Å². The highest BCUT2D eigenvalue weighted by Crippen LogP contribution is 2.20. The minimum absolute atomic E-state index is 0. The third kappa shape index (κ3) is 4.17. The number of halogens is 1. The number of rotatable bonds is 5. The first-order valence-corrected chi connectivity index (χ1v) is 7.02. The highest BCUT2D eigenvalue weighted by Gasteiger charge is 2.24. The summed E-state index contributed by atoms with van der Waals surface area (Å²) >= 11 is 1.77. The smallest absolute Gasteiger partial charge is 0.0953 e. The van der Waals surface area contributed by atoms with Crippen LogP contribution in [0.1, 0.15) is 29.7 Å². The second-order valence-corrected chi connectivity index (χ2v) is 6.08. The fraction of sp³-hybridized carbons (Fsp3) is 0.750. The van der Waals surface area contributed by atoms with Crippen LogP contribution >= 0.6 is 23.7 Å². The van der Waals surface area contributed by atoms with Crippen molar-refractivity contribution in [2.24, 2.45) is 5.92 Å². The third-order valence-corrected chi connectivity index (χ3v) is 4.37. The molecule has 2 atom stereocenters. The summed E-state index contributed by atoms with van der Waals surface area (Å²) in [5, 5.41) is 17.4. The van der Waals surface area contributed by atoms with Crippen molar-refractivity contribution in [1.82, 2.24) is 15.6 Å². The molecule has 1 aromatic heterocycles. The van der Waals surface area contributed by atoms with Gasteiger partial charge in [-0.15, -0.1) is 23.7 Å². The second-order valence-electron chi connectivity index (χ2n) is 4.94.